The van der Waals surface area contributed by atoms with Gasteiger partial charge in [0.1, 0.15) is 0 Å². The van der Waals surface area contributed by atoms with Crippen molar-refractivity contribution in [1.29, 1.82) is 0 Å². The number of hydrogen-bond acceptors (Lipinski definition) is 4. The molecule has 4 rings (SSSR count). The van der Waals surface area contributed by atoms with E-state index in [-0.39, 0.29) is 0 Å². The molecular formula is C30H40ClN5S. The Morgan fingerprint density at radius 1 is 0.865 bits per heavy atom. The zero-order valence-corrected chi connectivity index (χ0v) is 23.6. The van der Waals surface area contributed by atoms with E-state index in [9.17, 15) is 0 Å². The Hall–Kier alpha value is -2.25. The molecule has 1 fully saturated rings. The summed E-state index contributed by atoms with van der Waals surface area (Å²) in [7, 11) is 0. The van der Waals surface area contributed by atoms with E-state index in [0.29, 0.717) is 0 Å². The molecule has 198 valence electrons. The van der Waals surface area contributed by atoms with Crippen LogP contribution >= 0.6 is 23.8 Å². The monoisotopic (exact) mass is 537 g/mol. The average molecular weight is 538 g/mol. The van der Waals surface area contributed by atoms with Crippen LogP contribution in [0.1, 0.15) is 51.0 Å². The van der Waals surface area contributed by atoms with E-state index in [2.05, 4.69) is 63.8 Å². The summed E-state index contributed by atoms with van der Waals surface area (Å²) in [6.07, 6.45) is 12.0. The third-order valence-electron chi connectivity index (χ3n) is 7.03. The predicted molar refractivity (Wildman–Crippen MR) is 158 cm³/mol. The molecule has 1 aromatic heterocycles. The minimum Gasteiger partial charge on any atom is -0.300 e. The molecule has 2 aromatic carbocycles. The van der Waals surface area contributed by atoms with Gasteiger partial charge >= 0.3 is 0 Å². The number of piperazine rings is 1. The molecule has 1 aliphatic heterocycles. The maximum atomic E-state index is 6.16. The van der Waals surface area contributed by atoms with Crippen LogP contribution in [0.3, 0.4) is 0 Å². The number of nitrogens with zero attached hydrogens (tertiary/aromatic N) is 5. The van der Waals surface area contributed by atoms with Gasteiger partial charge in [-0.1, -0.05) is 93.1 Å². The first kappa shape index (κ1) is 27.8. The first-order valence-electron chi connectivity index (χ1n) is 13.7. The van der Waals surface area contributed by atoms with Crippen molar-refractivity contribution < 1.29 is 0 Å². The molecule has 0 atom stereocenters. The van der Waals surface area contributed by atoms with Gasteiger partial charge in [0.05, 0.1) is 6.67 Å². The predicted octanol–water partition coefficient (Wildman–Crippen LogP) is 7.38. The number of rotatable bonds is 13. The van der Waals surface area contributed by atoms with Gasteiger partial charge in [-0.15, -0.1) is 0 Å². The summed E-state index contributed by atoms with van der Waals surface area (Å²) in [6.45, 7) is 9.01. The molecule has 0 spiro atoms. The van der Waals surface area contributed by atoms with Crippen molar-refractivity contribution in [2.75, 3.05) is 32.7 Å². The van der Waals surface area contributed by atoms with E-state index in [1.807, 2.05) is 28.9 Å². The van der Waals surface area contributed by atoms with Gasteiger partial charge in [0.2, 0.25) is 0 Å². The van der Waals surface area contributed by atoms with Crippen molar-refractivity contribution >= 4 is 29.9 Å². The fraction of sp³-hybridized carbons (Fsp3) is 0.467. The second kappa shape index (κ2) is 14.6. The third-order valence-corrected chi connectivity index (χ3v) is 7.72. The van der Waals surface area contributed by atoms with Crippen molar-refractivity contribution in [2.45, 2.75) is 58.7 Å². The van der Waals surface area contributed by atoms with Crippen molar-refractivity contribution in [1.82, 2.24) is 24.1 Å². The zero-order chi connectivity index (χ0) is 25.9. The fourth-order valence-electron chi connectivity index (χ4n) is 4.80. The molecule has 7 heteroatoms. The first-order valence-corrected chi connectivity index (χ1v) is 14.5. The molecule has 0 radical (unpaired) electrons. The molecule has 1 saturated heterocycles. The van der Waals surface area contributed by atoms with Crippen LogP contribution in [-0.4, -0.2) is 56.9 Å². The summed E-state index contributed by atoms with van der Waals surface area (Å²) < 4.78 is 5.05. The smallest absolute Gasteiger partial charge is 0.199 e. The van der Waals surface area contributed by atoms with Gasteiger partial charge in [-0.2, -0.15) is 5.10 Å². The van der Waals surface area contributed by atoms with Gasteiger partial charge in [-0.05, 0) is 48.5 Å². The molecule has 1 aliphatic rings. The van der Waals surface area contributed by atoms with Crippen molar-refractivity contribution in [3.8, 4) is 11.4 Å². The Balaban J connectivity index is 1.36. The largest absolute Gasteiger partial charge is 0.300 e. The maximum Gasteiger partial charge on any atom is 0.199 e. The van der Waals surface area contributed by atoms with Crippen LogP contribution in [-0.2, 0) is 13.2 Å². The topological polar surface area (TPSA) is 29.2 Å². The lowest BCUT2D eigenvalue weighted by atomic mass is 10.1. The average Bonchev–Trinajstić information content (AvgIpc) is 3.23. The van der Waals surface area contributed by atoms with Crippen LogP contribution < -0.4 is 0 Å². The quantitative estimate of drug-likeness (QED) is 0.168. The maximum absolute atomic E-state index is 6.16. The highest BCUT2D eigenvalue weighted by Crippen LogP contribution is 2.22. The summed E-state index contributed by atoms with van der Waals surface area (Å²) in [5, 5.41) is 5.74. The van der Waals surface area contributed by atoms with Crippen LogP contribution in [0.4, 0.5) is 0 Å². The van der Waals surface area contributed by atoms with Gasteiger partial charge in [0.15, 0.2) is 10.6 Å². The minimum absolute atomic E-state index is 0.733. The standard InChI is InChI=1S/C30H40ClN5S/c1-2-3-4-5-6-10-20-35-29(27-15-17-28(31)18-16-27)32-36(30(35)37)25-34-23-21-33(22-24-34)19-11-14-26-12-8-7-9-13-26/h7-9,11-18H,2-6,10,19-25H2,1H3. The van der Waals surface area contributed by atoms with Crippen LogP contribution in [0.5, 0.6) is 0 Å². The number of benzene rings is 2. The normalized spacial score (nSPS) is 15.1. The summed E-state index contributed by atoms with van der Waals surface area (Å²) in [4.78, 5) is 4.96. The van der Waals surface area contributed by atoms with Crippen LogP contribution in [0.25, 0.3) is 17.5 Å². The summed E-state index contributed by atoms with van der Waals surface area (Å²) >= 11 is 12.1. The summed E-state index contributed by atoms with van der Waals surface area (Å²) in [6, 6.07) is 18.4. The van der Waals surface area contributed by atoms with E-state index >= 15 is 0 Å². The van der Waals surface area contributed by atoms with Gasteiger partial charge in [-0.3, -0.25) is 14.4 Å². The highest BCUT2D eigenvalue weighted by Gasteiger charge is 2.19. The van der Waals surface area contributed by atoms with E-state index in [4.69, 9.17) is 28.9 Å². The molecule has 5 nitrogen and oxygen atoms in total. The van der Waals surface area contributed by atoms with E-state index in [1.54, 1.807) is 0 Å². The van der Waals surface area contributed by atoms with Gasteiger partial charge in [0, 0.05) is 49.9 Å². The lowest BCUT2D eigenvalue weighted by Crippen LogP contribution is -2.46. The van der Waals surface area contributed by atoms with Gasteiger partial charge in [-0.25, -0.2) is 4.68 Å². The molecule has 0 bridgehead atoms. The SMILES string of the molecule is CCCCCCCCn1c(-c2ccc(Cl)cc2)nn(CN2CCN(CC=Cc3ccccc3)CC2)c1=S. The Kier molecular flexibility index (Phi) is 11.0. The third kappa shape index (κ3) is 8.37. The minimum atomic E-state index is 0.733. The van der Waals surface area contributed by atoms with E-state index in [1.165, 1.54) is 37.7 Å². The van der Waals surface area contributed by atoms with Crippen LogP contribution in [0.2, 0.25) is 5.02 Å². The molecule has 0 N–H and O–H groups in total. The van der Waals surface area contributed by atoms with Gasteiger partial charge in [0.25, 0.3) is 0 Å². The second-order valence-corrected chi connectivity index (χ2v) is 10.7. The highest BCUT2D eigenvalue weighted by atomic mass is 35.5. The number of aromatic nitrogens is 3. The summed E-state index contributed by atoms with van der Waals surface area (Å²) in [5.74, 6) is 0.944. The van der Waals surface area contributed by atoms with Crippen LogP contribution in [0, 0.1) is 4.77 Å². The van der Waals surface area contributed by atoms with E-state index < -0.39 is 0 Å². The Labute approximate surface area is 232 Å². The molecule has 0 amide bonds. The Bertz CT molecular complexity index is 1160. The molecule has 0 saturated carbocycles. The molecule has 0 aliphatic carbocycles. The first-order chi connectivity index (χ1) is 18.1. The number of unbranched alkanes of at least 4 members (excludes halogenated alkanes) is 5. The molecule has 3 aromatic rings. The van der Waals surface area contributed by atoms with Crippen molar-refractivity contribution in [3.05, 3.63) is 76.0 Å². The lowest BCUT2D eigenvalue weighted by molar-refractivity contribution is 0.110. The lowest BCUT2D eigenvalue weighted by Gasteiger charge is -2.33. The molecule has 37 heavy (non-hydrogen) atoms. The van der Waals surface area contributed by atoms with Crippen molar-refractivity contribution in [2.24, 2.45) is 0 Å². The Morgan fingerprint density at radius 2 is 1.54 bits per heavy atom. The van der Waals surface area contributed by atoms with Crippen LogP contribution in [0.15, 0.2) is 60.7 Å². The number of hydrogen-bond donors (Lipinski definition) is 0. The highest BCUT2D eigenvalue weighted by molar-refractivity contribution is 7.71. The van der Waals surface area contributed by atoms with Gasteiger partial charge < -0.3 is 0 Å². The molecule has 0 unspecified atom stereocenters. The summed E-state index contributed by atoms with van der Waals surface area (Å²) in [5.41, 5.74) is 2.32. The molecular weight excluding hydrogens is 498 g/mol. The van der Waals surface area contributed by atoms with E-state index in [0.717, 1.165) is 73.5 Å². The zero-order valence-electron chi connectivity index (χ0n) is 22.1. The van der Waals surface area contributed by atoms with Crippen molar-refractivity contribution in [3.63, 3.8) is 0 Å². The second-order valence-electron chi connectivity index (χ2n) is 9.91. The Morgan fingerprint density at radius 3 is 2.27 bits per heavy atom. The fourth-order valence-corrected chi connectivity index (χ4v) is 5.20. The number of halogens is 1. The molecule has 2 heterocycles.